The predicted octanol–water partition coefficient (Wildman–Crippen LogP) is 2.57. The molecule has 0 spiro atoms. The van der Waals surface area contributed by atoms with Gasteiger partial charge in [-0.05, 0) is 38.4 Å². The highest BCUT2D eigenvalue weighted by atomic mass is 32.1. The topological polar surface area (TPSA) is 72.7 Å². The Morgan fingerprint density at radius 2 is 2.09 bits per heavy atom. The van der Waals surface area contributed by atoms with Crippen molar-refractivity contribution in [2.24, 2.45) is 0 Å². The van der Waals surface area contributed by atoms with Crippen LogP contribution in [0, 0.1) is 0 Å². The Labute approximate surface area is 132 Å². The Morgan fingerprint density at radius 1 is 1.32 bits per heavy atom. The van der Waals surface area contributed by atoms with Gasteiger partial charge in [-0.25, -0.2) is 9.67 Å². The minimum Gasteiger partial charge on any atom is -0.344 e. The van der Waals surface area contributed by atoms with Crippen molar-refractivity contribution in [3.63, 3.8) is 0 Å². The van der Waals surface area contributed by atoms with Gasteiger partial charge in [-0.15, -0.1) is 5.10 Å². The second kappa shape index (κ2) is 5.49. The van der Waals surface area contributed by atoms with Crippen LogP contribution >= 0.6 is 11.5 Å². The van der Waals surface area contributed by atoms with E-state index in [4.69, 9.17) is 0 Å². The van der Waals surface area contributed by atoms with Gasteiger partial charge in [-0.3, -0.25) is 4.79 Å². The molecular weight excluding hydrogens is 298 g/mol. The number of carbonyl (C=O) groups is 1. The normalized spacial score (nSPS) is 11.8. The summed E-state index contributed by atoms with van der Waals surface area (Å²) in [6, 6.07) is 7.97. The number of rotatable bonds is 3. The first-order chi connectivity index (χ1) is 10.4. The molecule has 0 fully saturated rings. The van der Waals surface area contributed by atoms with Gasteiger partial charge in [0.1, 0.15) is 6.33 Å². The van der Waals surface area contributed by atoms with Gasteiger partial charge >= 0.3 is 0 Å². The van der Waals surface area contributed by atoms with Crippen molar-refractivity contribution < 1.29 is 4.79 Å². The molecule has 0 saturated carbocycles. The molecule has 2 aromatic heterocycles. The maximum Gasteiger partial charge on any atom is 0.291 e. The fourth-order valence-electron chi connectivity index (χ4n) is 2.00. The second-order valence-electron chi connectivity index (χ2n) is 5.99. The summed E-state index contributed by atoms with van der Waals surface area (Å²) in [7, 11) is 0. The molecule has 1 N–H and O–H groups in total. The Morgan fingerprint density at radius 3 is 2.82 bits per heavy atom. The van der Waals surface area contributed by atoms with Crippen LogP contribution in [0.25, 0.3) is 10.1 Å². The first-order valence-electron chi connectivity index (χ1n) is 6.99. The van der Waals surface area contributed by atoms with E-state index in [9.17, 15) is 4.79 Å². The van der Waals surface area contributed by atoms with Crippen LogP contribution in [-0.4, -0.2) is 25.0 Å². The lowest BCUT2D eigenvalue weighted by Gasteiger charge is -2.17. The van der Waals surface area contributed by atoms with E-state index in [2.05, 4.69) is 19.8 Å². The van der Waals surface area contributed by atoms with Crippen molar-refractivity contribution in [1.82, 2.24) is 24.5 Å². The highest BCUT2D eigenvalue weighted by molar-refractivity contribution is 7.13. The summed E-state index contributed by atoms with van der Waals surface area (Å²) in [5, 5.41) is 8.11. The molecule has 22 heavy (non-hydrogen) atoms. The third-order valence-corrected chi connectivity index (χ3v) is 4.12. The fraction of sp³-hybridized carbons (Fsp3) is 0.333. The smallest absolute Gasteiger partial charge is 0.291 e. The number of benzene rings is 1. The molecule has 6 nitrogen and oxygen atoms in total. The van der Waals surface area contributed by atoms with E-state index in [1.807, 2.05) is 45.0 Å². The molecular formula is C15H17N5OS. The first-order valence-corrected chi connectivity index (χ1v) is 7.76. The quantitative estimate of drug-likeness (QED) is 0.806. The van der Waals surface area contributed by atoms with E-state index in [1.165, 1.54) is 11.5 Å². The Balaban J connectivity index is 1.71. The maximum absolute atomic E-state index is 12.1. The molecule has 0 aliphatic heterocycles. The van der Waals surface area contributed by atoms with Crippen molar-refractivity contribution in [2.75, 3.05) is 0 Å². The lowest BCUT2D eigenvalue weighted by molar-refractivity contribution is 0.0939. The molecule has 2 heterocycles. The summed E-state index contributed by atoms with van der Waals surface area (Å²) in [5.41, 5.74) is 0.667. The zero-order valence-corrected chi connectivity index (χ0v) is 13.5. The summed E-state index contributed by atoms with van der Waals surface area (Å²) < 4.78 is 7.18. The third-order valence-electron chi connectivity index (χ3n) is 3.25. The average Bonchev–Trinajstić information content (AvgIpc) is 3.11. The van der Waals surface area contributed by atoms with Crippen molar-refractivity contribution in [1.29, 1.82) is 0 Å². The largest absolute Gasteiger partial charge is 0.344 e. The lowest BCUT2D eigenvalue weighted by atomic mass is 10.1. The summed E-state index contributed by atoms with van der Waals surface area (Å²) in [4.78, 5) is 16.2. The van der Waals surface area contributed by atoms with Crippen LogP contribution in [0.1, 0.15) is 37.1 Å². The van der Waals surface area contributed by atoms with Crippen LogP contribution < -0.4 is 5.32 Å². The molecule has 0 saturated heterocycles. The number of fused-ring (bicyclic) bond motifs is 1. The molecule has 0 radical (unpaired) electrons. The Bertz CT molecular complexity index is 815. The van der Waals surface area contributed by atoms with Crippen molar-refractivity contribution in [2.45, 2.75) is 32.9 Å². The van der Waals surface area contributed by atoms with E-state index in [-0.39, 0.29) is 17.3 Å². The number of hydrogen-bond donors (Lipinski definition) is 1. The van der Waals surface area contributed by atoms with Gasteiger partial charge in [-0.2, -0.15) is 4.37 Å². The molecule has 0 aliphatic rings. The van der Waals surface area contributed by atoms with E-state index in [0.29, 0.717) is 6.54 Å². The van der Waals surface area contributed by atoms with E-state index in [0.717, 1.165) is 15.8 Å². The number of nitrogens with zero attached hydrogens (tertiary/aromatic N) is 4. The number of amides is 1. The molecule has 0 bridgehead atoms. The Hall–Kier alpha value is -2.28. The van der Waals surface area contributed by atoms with Crippen LogP contribution in [0.15, 0.2) is 30.6 Å². The number of carbonyl (C=O) groups excluding carboxylic acids is 1. The molecule has 3 rings (SSSR count). The SMILES string of the molecule is CC(C)(C)n1cnc(C(=O)NCc2nsc3ccccc23)n1. The van der Waals surface area contributed by atoms with E-state index < -0.39 is 0 Å². The van der Waals surface area contributed by atoms with Crippen LogP contribution in [0.4, 0.5) is 0 Å². The van der Waals surface area contributed by atoms with Gasteiger partial charge in [0.15, 0.2) is 0 Å². The summed E-state index contributed by atoms with van der Waals surface area (Å²) >= 11 is 1.43. The van der Waals surface area contributed by atoms with Crippen molar-refractivity contribution >= 4 is 27.5 Å². The average molecular weight is 315 g/mol. The maximum atomic E-state index is 12.1. The molecule has 0 atom stereocenters. The summed E-state index contributed by atoms with van der Waals surface area (Å²) in [6.07, 6.45) is 1.58. The van der Waals surface area contributed by atoms with Crippen molar-refractivity contribution in [3.05, 3.63) is 42.1 Å². The van der Waals surface area contributed by atoms with Crippen LogP contribution in [0.3, 0.4) is 0 Å². The van der Waals surface area contributed by atoms with Gasteiger partial charge in [0.2, 0.25) is 5.82 Å². The molecule has 1 aromatic carbocycles. The second-order valence-corrected chi connectivity index (χ2v) is 6.80. The summed E-state index contributed by atoms with van der Waals surface area (Å²) in [6.45, 7) is 6.38. The van der Waals surface area contributed by atoms with Gasteiger partial charge in [0.25, 0.3) is 5.91 Å². The van der Waals surface area contributed by atoms with Gasteiger partial charge < -0.3 is 5.32 Å². The minimum atomic E-state index is -0.292. The van der Waals surface area contributed by atoms with Gasteiger partial charge in [0, 0.05) is 5.39 Å². The predicted molar refractivity (Wildman–Crippen MR) is 85.8 cm³/mol. The number of aromatic nitrogens is 4. The molecule has 114 valence electrons. The van der Waals surface area contributed by atoms with Crippen LogP contribution in [0.2, 0.25) is 0 Å². The monoisotopic (exact) mass is 315 g/mol. The van der Waals surface area contributed by atoms with Crippen LogP contribution in [0.5, 0.6) is 0 Å². The summed E-state index contributed by atoms with van der Waals surface area (Å²) in [5.74, 6) is -0.116. The molecule has 7 heteroatoms. The van der Waals surface area contributed by atoms with Gasteiger partial charge in [-0.1, -0.05) is 18.2 Å². The van der Waals surface area contributed by atoms with E-state index >= 15 is 0 Å². The molecule has 0 unspecified atom stereocenters. The third kappa shape index (κ3) is 2.85. The number of nitrogens with one attached hydrogen (secondary N) is 1. The van der Waals surface area contributed by atoms with Crippen LogP contribution in [-0.2, 0) is 12.1 Å². The standard InChI is InChI=1S/C15H17N5OS/c1-15(2,3)20-9-17-13(18-20)14(21)16-8-11-10-6-4-5-7-12(10)22-19-11/h4-7,9H,8H2,1-3H3,(H,16,21). The highest BCUT2D eigenvalue weighted by Gasteiger charge is 2.18. The fourth-order valence-corrected chi connectivity index (χ4v) is 2.79. The van der Waals surface area contributed by atoms with E-state index in [1.54, 1.807) is 11.0 Å². The van der Waals surface area contributed by atoms with Gasteiger partial charge in [0.05, 0.1) is 22.5 Å². The zero-order chi connectivity index (χ0) is 15.7. The first kappa shape index (κ1) is 14.6. The zero-order valence-electron chi connectivity index (χ0n) is 12.7. The lowest BCUT2D eigenvalue weighted by Crippen LogP contribution is -2.26. The highest BCUT2D eigenvalue weighted by Crippen LogP contribution is 2.21. The minimum absolute atomic E-state index is 0.175. The molecule has 0 aliphatic carbocycles. The van der Waals surface area contributed by atoms with Crippen molar-refractivity contribution in [3.8, 4) is 0 Å². The Kier molecular flexibility index (Phi) is 3.66. The molecule has 1 amide bonds. The molecule has 3 aromatic rings. The number of hydrogen-bond acceptors (Lipinski definition) is 5.